The van der Waals surface area contributed by atoms with Crippen LogP contribution in [-0.2, 0) is 20.7 Å². The van der Waals surface area contributed by atoms with Crippen LogP contribution in [-0.4, -0.2) is 45.1 Å². The maximum absolute atomic E-state index is 14.8. The minimum atomic E-state index is -1.10. The Bertz CT molecular complexity index is 1500. The summed E-state index contributed by atoms with van der Waals surface area (Å²) in [6.07, 6.45) is 5.45. The summed E-state index contributed by atoms with van der Waals surface area (Å²) < 4.78 is 5.52. The number of anilines is 1. The molecule has 0 saturated carbocycles. The Morgan fingerprint density at radius 1 is 0.955 bits per heavy atom. The molecule has 8 nitrogen and oxygen atoms in total. The smallest absolute Gasteiger partial charge is 0.408 e. The second kappa shape index (κ2) is 14.1. The third-order valence-corrected chi connectivity index (χ3v) is 7.42. The van der Waals surface area contributed by atoms with E-state index >= 15 is 0 Å². The van der Waals surface area contributed by atoms with Crippen LogP contribution in [0.25, 0.3) is 0 Å². The molecule has 0 spiro atoms. The molecule has 0 aliphatic heterocycles. The Morgan fingerprint density at radius 3 is 2.11 bits per heavy atom. The molecule has 2 unspecified atom stereocenters. The summed E-state index contributed by atoms with van der Waals surface area (Å²) >= 11 is 0. The molecule has 0 heterocycles. The number of nitrogens with one attached hydrogen (secondary N) is 2. The van der Waals surface area contributed by atoms with Gasteiger partial charge in [-0.05, 0) is 95.0 Å². The van der Waals surface area contributed by atoms with Crippen molar-refractivity contribution in [1.29, 1.82) is 0 Å². The SMILES string of the molecule is C#Cc1ccc(C(C(=O)Nc2ccccc2C)N(C(=O)C(Cc2ccc(O)cc2)NC(=O)OC(C)(C)C)C(C)(C)CC)cc1. The number of hydrogen-bond acceptors (Lipinski definition) is 5. The van der Waals surface area contributed by atoms with Gasteiger partial charge in [0.25, 0.3) is 5.91 Å². The highest BCUT2D eigenvalue weighted by Gasteiger charge is 2.43. The number of terminal acetylenes is 1. The molecule has 0 bridgehead atoms. The maximum Gasteiger partial charge on any atom is 0.408 e. The van der Waals surface area contributed by atoms with Crippen LogP contribution >= 0.6 is 0 Å². The number of aryl methyl sites for hydroxylation is 1. The first-order valence-electron chi connectivity index (χ1n) is 14.7. The van der Waals surface area contributed by atoms with E-state index in [0.29, 0.717) is 28.8 Å². The molecule has 232 valence electrons. The second-order valence-electron chi connectivity index (χ2n) is 12.4. The molecule has 3 aromatic carbocycles. The van der Waals surface area contributed by atoms with Gasteiger partial charge in [-0.25, -0.2) is 4.79 Å². The van der Waals surface area contributed by atoms with E-state index in [-0.39, 0.29) is 12.2 Å². The normalized spacial score (nSPS) is 12.8. The zero-order chi connectivity index (χ0) is 32.7. The molecule has 2 atom stereocenters. The summed E-state index contributed by atoms with van der Waals surface area (Å²) in [5.74, 6) is 1.79. The van der Waals surface area contributed by atoms with E-state index in [9.17, 15) is 19.5 Å². The number of nitrogens with zero attached hydrogens (tertiary/aromatic N) is 1. The minimum Gasteiger partial charge on any atom is -0.508 e. The summed E-state index contributed by atoms with van der Waals surface area (Å²) in [7, 11) is 0. The topological polar surface area (TPSA) is 108 Å². The number of amides is 3. The summed E-state index contributed by atoms with van der Waals surface area (Å²) in [6, 6.07) is 18.6. The molecule has 0 radical (unpaired) electrons. The number of alkyl carbamates (subject to hydrolysis) is 1. The van der Waals surface area contributed by atoms with E-state index in [1.54, 1.807) is 68.1 Å². The Kier molecular flexibility index (Phi) is 10.8. The third kappa shape index (κ3) is 8.87. The molecular formula is C36H43N3O5. The van der Waals surface area contributed by atoms with Crippen LogP contribution in [0.4, 0.5) is 10.5 Å². The predicted molar refractivity (Wildman–Crippen MR) is 173 cm³/mol. The lowest BCUT2D eigenvalue weighted by Crippen LogP contribution is -2.59. The van der Waals surface area contributed by atoms with Gasteiger partial charge in [0.05, 0.1) is 0 Å². The van der Waals surface area contributed by atoms with E-state index in [2.05, 4.69) is 16.6 Å². The predicted octanol–water partition coefficient (Wildman–Crippen LogP) is 6.51. The Hall–Kier alpha value is -4.77. The van der Waals surface area contributed by atoms with Crippen LogP contribution < -0.4 is 10.6 Å². The van der Waals surface area contributed by atoms with Gasteiger partial charge in [-0.2, -0.15) is 0 Å². The van der Waals surface area contributed by atoms with Crippen LogP contribution in [0.1, 0.15) is 76.3 Å². The van der Waals surface area contributed by atoms with Crippen LogP contribution in [0.15, 0.2) is 72.8 Å². The lowest BCUT2D eigenvalue weighted by atomic mass is 9.90. The van der Waals surface area contributed by atoms with Crippen molar-refractivity contribution in [2.24, 2.45) is 0 Å². The van der Waals surface area contributed by atoms with Crippen molar-refractivity contribution in [3.63, 3.8) is 0 Å². The van der Waals surface area contributed by atoms with Crippen molar-refractivity contribution in [2.75, 3.05) is 5.32 Å². The highest BCUT2D eigenvalue weighted by molar-refractivity contribution is 5.99. The van der Waals surface area contributed by atoms with Crippen molar-refractivity contribution < 1.29 is 24.2 Å². The van der Waals surface area contributed by atoms with Crippen molar-refractivity contribution >= 4 is 23.6 Å². The number of rotatable bonds is 10. The van der Waals surface area contributed by atoms with Crippen molar-refractivity contribution in [1.82, 2.24) is 10.2 Å². The van der Waals surface area contributed by atoms with Crippen LogP contribution in [0.3, 0.4) is 0 Å². The highest BCUT2D eigenvalue weighted by Crippen LogP contribution is 2.34. The quantitative estimate of drug-likeness (QED) is 0.231. The van der Waals surface area contributed by atoms with Gasteiger partial charge in [-0.3, -0.25) is 9.59 Å². The lowest BCUT2D eigenvalue weighted by molar-refractivity contribution is -0.147. The molecule has 0 fully saturated rings. The number of aromatic hydroxyl groups is 1. The van der Waals surface area contributed by atoms with Gasteiger partial charge >= 0.3 is 6.09 Å². The monoisotopic (exact) mass is 597 g/mol. The molecule has 3 amide bonds. The standard InChI is InChI=1S/C36H43N3O5/c1-9-25-15-19-27(20-16-25)31(32(41)37-29-14-12-11-13-24(29)3)39(36(7,8)10-2)33(42)30(38-34(43)44-35(4,5)6)23-26-17-21-28(40)22-18-26/h1,11-22,30-31,40H,10,23H2,2-8H3,(H,37,41)(H,38,43). The van der Waals surface area contributed by atoms with Crippen molar-refractivity contribution in [3.8, 4) is 18.1 Å². The highest BCUT2D eigenvalue weighted by atomic mass is 16.6. The van der Waals surface area contributed by atoms with Gasteiger partial charge in [-0.1, -0.05) is 55.3 Å². The van der Waals surface area contributed by atoms with E-state index < -0.39 is 41.1 Å². The maximum atomic E-state index is 14.8. The first-order chi connectivity index (χ1) is 20.6. The summed E-state index contributed by atoms with van der Waals surface area (Å²) in [5, 5.41) is 15.6. The molecule has 0 aromatic heterocycles. The van der Waals surface area contributed by atoms with Gasteiger partial charge in [0, 0.05) is 23.2 Å². The van der Waals surface area contributed by atoms with Gasteiger partial charge in [-0.15, -0.1) is 6.42 Å². The molecule has 44 heavy (non-hydrogen) atoms. The minimum absolute atomic E-state index is 0.0776. The number of phenols is 1. The van der Waals surface area contributed by atoms with Crippen molar-refractivity contribution in [3.05, 3.63) is 95.1 Å². The molecule has 3 N–H and O–H groups in total. The molecule has 0 saturated heterocycles. The number of hydrogen-bond donors (Lipinski definition) is 3. The fourth-order valence-corrected chi connectivity index (χ4v) is 4.72. The number of para-hydroxylation sites is 1. The molecule has 8 heteroatoms. The molecule has 3 aromatic rings. The lowest BCUT2D eigenvalue weighted by Gasteiger charge is -2.44. The average Bonchev–Trinajstić information content (AvgIpc) is 2.96. The van der Waals surface area contributed by atoms with E-state index in [4.69, 9.17) is 11.2 Å². The van der Waals surface area contributed by atoms with Gasteiger partial charge < -0.3 is 25.4 Å². The largest absolute Gasteiger partial charge is 0.508 e. The van der Waals surface area contributed by atoms with Gasteiger partial charge in [0.1, 0.15) is 23.4 Å². The Labute approximate surface area is 260 Å². The summed E-state index contributed by atoms with van der Waals surface area (Å²) in [5.41, 5.74) is 1.75. The van der Waals surface area contributed by atoms with E-state index in [1.165, 1.54) is 12.1 Å². The van der Waals surface area contributed by atoms with E-state index in [1.807, 2.05) is 45.9 Å². The zero-order valence-corrected chi connectivity index (χ0v) is 26.6. The average molecular weight is 598 g/mol. The van der Waals surface area contributed by atoms with Crippen LogP contribution in [0.5, 0.6) is 5.75 Å². The second-order valence-corrected chi connectivity index (χ2v) is 12.4. The number of carbonyl (C=O) groups excluding carboxylic acids is 3. The number of phenolic OH excluding ortho intramolecular Hbond substituents is 1. The summed E-state index contributed by atoms with van der Waals surface area (Å²) in [4.78, 5) is 43.6. The third-order valence-electron chi connectivity index (χ3n) is 7.42. The fraction of sp³-hybridized carbons (Fsp3) is 0.361. The first kappa shape index (κ1) is 33.7. The molecular weight excluding hydrogens is 554 g/mol. The summed E-state index contributed by atoms with van der Waals surface area (Å²) in [6.45, 7) is 12.8. The van der Waals surface area contributed by atoms with Crippen LogP contribution in [0.2, 0.25) is 0 Å². The number of carbonyl (C=O) groups is 3. The Morgan fingerprint density at radius 2 is 1.57 bits per heavy atom. The van der Waals surface area contributed by atoms with E-state index in [0.717, 1.165) is 5.56 Å². The first-order valence-corrected chi connectivity index (χ1v) is 14.7. The van der Waals surface area contributed by atoms with Gasteiger partial charge in [0.15, 0.2) is 0 Å². The number of benzene rings is 3. The van der Waals surface area contributed by atoms with Crippen LogP contribution in [0, 0.1) is 19.3 Å². The molecule has 0 aliphatic carbocycles. The Balaban J connectivity index is 2.16. The number of ether oxygens (including phenoxy) is 1. The zero-order valence-electron chi connectivity index (χ0n) is 26.6. The molecule has 3 rings (SSSR count). The molecule has 0 aliphatic rings. The van der Waals surface area contributed by atoms with Crippen molar-refractivity contribution in [2.45, 2.75) is 84.5 Å². The van der Waals surface area contributed by atoms with Gasteiger partial charge in [0.2, 0.25) is 5.91 Å². The fourth-order valence-electron chi connectivity index (χ4n) is 4.72.